The first-order valence-electron chi connectivity index (χ1n) is 7.88. The molecule has 1 aliphatic rings. The molecule has 2 rings (SSSR count). The van der Waals surface area contributed by atoms with E-state index in [2.05, 4.69) is 0 Å². The second kappa shape index (κ2) is 7.85. The number of hydrogen-bond acceptors (Lipinski definition) is 5. The van der Waals surface area contributed by atoms with Crippen molar-refractivity contribution in [1.82, 2.24) is 4.90 Å². The summed E-state index contributed by atoms with van der Waals surface area (Å²) in [6.07, 6.45) is 1.49. The molecule has 1 aliphatic heterocycles. The molecule has 24 heavy (non-hydrogen) atoms. The zero-order valence-electron chi connectivity index (χ0n) is 14.3. The van der Waals surface area contributed by atoms with Crippen molar-refractivity contribution < 1.29 is 22.7 Å². The number of sulfonamides is 1. The second-order valence-corrected chi connectivity index (χ2v) is 7.48. The molecule has 1 aromatic carbocycles. The molecule has 1 saturated heterocycles. The van der Waals surface area contributed by atoms with Gasteiger partial charge in [-0.3, -0.25) is 9.10 Å². The number of hydrogen-bond donors (Lipinski definition) is 0. The topological polar surface area (TPSA) is 76.2 Å². The van der Waals surface area contributed by atoms with Gasteiger partial charge < -0.3 is 14.4 Å². The summed E-state index contributed by atoms with van der Waals surface area (Å²) < 4.78 is 36.4. The molecule has 0 bridgehead atoms. The van der Waals surface area contributed by atoms with Crippen LogP contribution in [0.2, 0.25) is 0 Å². The first-order chi connectivity index (χ1) is 11.4. The van der Waals surface area contributed by atoms with Crippen molar-refractivity contribution in [1.29, 1.82) is 0 Å². The monoisotopic (exact) mass is 356 g/mol. The molecule has 7 nitrogen and oxygen atoms in total. The van der Waals surface area contributed by atoms with Gasteiger partial charge in [-0.2, -0.15) is 0 Å². The summed E-state index contributed by atoms with van der Waals surface area (Å²) in [6.45, 7) is 3.71. The van der Waals surface area contributed by atoms with Gasteiger partial charge in [-0.1, -0.05) is 13.0 Å². The number of nitrogens with zero attached hydrogens (tertiary/aromatic N) is 2. The van der Waals surface area contributed by atoms with E-state index in [0.717, 1.165) is 6.26 Å². The van der Waals surface area contributed by atoms with Gasteiger partial charge in [0.25, 0.3) is 0 Å². The average molecular weight is 356 g/mol. The lowest BCUT2D eigenvalue weighted by Crippen LogP contribution is -2.53. The van der Waals surface area contributed by atoms with Gasteiger partial charge in [0.1, 0.15) is 11.8 Å². The van der Waals surface area contributed by atoms with E-state index in [4.69, 9.17) is 9.47 Å². The van der Waals surface area contributed by atoms with Gasteiger partial charge in [-0.05, 0) is 18.6 Å². The summed E-state index contributed by atoms with van der Waals surface area (Å²) in [5, 5.41) is 0. The molecule has 0 aliphatic carbocycles. The standard InChI is InChI=1S/C16H24N2O5S/c1-4-15(16(19)17-8-10-23-11-9-17)18(24(3,20)21)13-6-5-7-14(12-13)22-2/h5-7,12,15H,4,8-11H2,1-3H3/t15-/m0/s1. The van der Waals surface area contributed by atoms with Gasteiger partial charge in [0.05, 0.1) is 32.3 Å². The Morgan fingerprint density at radius 2 is 2.04 bits per heavy atom. The smallest absolute Gasteiger partial charge is 0.246 e. The molecule has 1 amide bonds. The molecule has 1 heterocycles. The van der Waals surface area contributed by atoms with Crippen LogP contribution >= 0.6 is 0 Å². The van der Waals surface area contributed by atoms with Crippen molar-refractivity contribution in [2.24, 2.45) is 0 Å². The maximum atomic E-state index is 12.9. The van der Waals surface area contributed by atoms with Crippen LogP contribution in [0.3, 0.4) is 0 Å². The van der Waals surface area contributed by atoms with E-state index in [1.165, 1.54) is 11.4 Å². The molecule has 1 aromatic rings. The quantitative estimate of drug-likeness (QED) is 0.763. The molecule has 8 heteroatoms. The molecule has 134 valence electrons. The van der Waals surface area contributed by atoms with Crippen molar-refractivity contribution in [3.63, 3.8) is 0 Å². The third kappa shape index (κ3) is 4.18. The van der Waals surface area contributed by atoms with Gasteiger partial charge in [0, 0.05) is 19.2 Å². The van der Waals surface area contributed by atoms with Gasteiger partial charge in [-0.25, -0.2) is 8.42 Å². The number of methoxy groups -OCH3 is 1. The minimum absolute atomic E-state index is 0.200. The zero-order valence-corrected chi connectivity index (χ0v) is 15.1. The maximum absolute atomic E-state index is 12.9. The highest BCUT2D eigenvalue weighted by atomic mass is 32.2. The number of carbonyl (C=O) groups is 1. The van der Waals surface area contributed by atoms with Crippen LogP contribution in [0.1, 0.15) is 13.3 Å². The van der Waals surface area contributed by atoms with Crippen molar-refractivity contribution in [2.45, 2.75) is 19.4 Å². The van der Waals surface area contributed by atoms with Gasteiger partial charge >= 0.3 is 0 Å². The summed E-state index contributed by atoms with van der Waals surface area (Å²) in [4.78, 5) is 14.5. The Morgan fingerprint density at radius 1 is 1.38 bits per heavy atom. The van der Waals surface area contributed by atoms with E-state index < -0.39 is 16.1 Å². The SMILES string of the molecule is CC[C@@H](C(=O)N1CCOCC1)N(c1cccc(OC)c1)S(C)(=O)=O. The van der Waals surface area contributed by atoms with Crippen molar-refractivity contribution in [3.8, 4) is 5.75 Å². The highest BCUT2D eigenvalue weighted by molar-refractivity contribution is 7.92. The molecular formula is C16H24N2O5S. The Labute approximate surface area is 143 Å². The lowest BCUT2D eigenvalue weighted by atomic mass is 10.1. The molecule has 0 spiro atoms. The normalized spacial score (nSPS) is 16.5. The zero-order chi connectivity index (χ0) is 17.7. The third-order valence-corrected chi connectivity index (χ3v) is 5.12. The van der Waals surface area contributed by atoms with E-state index in [9.17, 15) is 13.2 Å². The van der Waals surface area contributed by atoms with Gasteiger partial charge in [-0.15, -0.1) is 0 Å². The van der Waals surface area contributed by atoms with Crippen molar-refractivity contribution in [2.75, 3.05) is 44.0 Å². The lowest BCUT2D eigenvalue weighted by molar-refractivity contribution is -0.136. The average Bonchev–Trinajstić information content (AvgIpc) is 2.58. The molecular weight excluding hydrogens is 332 g/mol. The summed E-state index contributed by atoms with van der Waals surface area (Å²) in [5.41, 5.74) is 0.422. The largest absolute Gasteiger partial charge is 0.497 e. The lowest BCUT2D eigenvalue weighted by Gasteiger charge is -2.35. The van der Waals surface area contributed by atoms with Crippen LogP contribution in [0.25, 0.3) is 0 Å². The summed E-state index contributed by atoms with van der Waals surface area (Å²) in [7, 11) is -2.12. The number of carbonyl (C=O) groups excluding carboxylic acids is 1. The minimum atomic E-state index is -3.64. The maximum Gasteiger partial charge on any atom is 0.246 e. The van der Waals surface area contributed by atoms with E-state index in [-0.39, 0.29) is 5.91 Å². The third-order valence-electron chi connectivity index (χ3n) is 3.94. The van der Waals surface area contributed by atoms with Crippen LogP contribution in [0, 0.1) is 0 Å². The van der Waals surface area contributed by atoms with Crippen LogP contribution < -0.4 is 9.04 Å². The number of rotatable bonds is 6. The number of ether oxygens (including phenoxy) is 2. The Kier molecular flexibility index (Phi) is 6.06. The number of amides is 1. The fraction of sp³-hybridized carbons (Fsp3) is 0.562. The van der Waals surface area contributed by atoms with Gasteiger partial charge in [0.15, 0.2) is 0 Å². The Morgan fingerprint density at radius 3 is 2.58 bits per heavy atom. The summed E-state index contributed by atoms with van der Waals surface area (Å²) in [6, 6.07) is 5.94. The van der Waals surface area contributed by atoms with Gasteiger partial charge in [0.2, 0.25) is 15.9 Å². The molecule has 0 unspecified atom stereocenters. The number of morpholine rings is 1. The highest BCUT2D eigenvalue weighted by Crippen LogP contribution is 2.27. The summed E-state index contributed by atoms with van der Waals surface area (Å²) >= 11 is 0. The van der Waals surface area contributed by atoms with Crippen LogP contribution in [0.15, 0.2) is 24.3 Å². The summed E-state index contributed by atoms with van der Waals surface area (Å²) in [5.74, 6) is 0.337. The van der Waals surface area contributed by atoms with Crippen LogP contribution in [0.4, 0.5) is 5.69 Å². The molecule has 0 radical (unpaired) electrons. The molecule has 1 atom stereocenters. The molecule has 0 saturated carbocycles. The van der Waals surface area contributed by atoms with Crippen LogP contribution in [-0.4, -0.2) is 64.9 Å². The first kappa shape index (κ1) is 18.5. The minimum Gasteiger partial charge on any atom is -0.497 e. The fourth-order valence-electron chi connectivity index (χ4n) is 2.79. The van der Waals surface area contributed by atoms with Crippen molar-refractivity contribution >= 4 is 21.6 Å². The Balaban J connectivity index is 2.39. The van der Waals surface area contributed by atoms with Crippen molar-refractivity contribution in [3.05, 3.63) is 24.3 Å². The van der Waals surface area contributed by atoms with E-state index >= 15 is 0 Å². The Bertz CT molecular complexity index is 671. The Hall–Kier alpha value is -1.80. The molecule has 1 fully saturated rings. The van der Waals surface area contributed by atoms with Crippen LogP contribution in [-0.2, 0) is 19.6 Å². The molecule has 0 aromatic heterocycles. The van der Waals surface area contributed by atoms with E-state index in [1.807, 2.05) is 0 Å². The van der Waals surface area contributed by atoms with E-state index in [0.29, 0.717) is 44.2 Å². The fourth-order valence-corrected chi connectivity index (χ4v) is 3.98. The number of benzene rings is 1. The van der Waals surface area contributed by atoms with E-state index in [1.54, 1.807) is 36.1 Å². The molecule has 0 N–H and O–H groups in total. The predicted octanol–water partition coefficient (Wildman–Crippen LogP) is 1.10. The second-order valence-electron chi connectivity index (χ2n) is 5.62. The predicted molar refractivity (Wildman–Crippen MR) is 91.8 cm³/mol. The first-order valence-corrected chi connectivity index (χ1v) is 9.73. The van der Waals surface area contributed by atoms with Crippen LogP contribution in [0.5, 0.6) is 5.75 Å². The highest BCUT2D eigenvalue weighted by Gasteiger charge is 2.34. The number of anilines is 1.